The highest BCUT2D eigenvalue weighted by molar-refractivity contribution is 7.15. The Labute approximate surface area is 157 Å². The molecule has 3 aromatic rings. The molecule has 142 valence electrons. The number of rotatable bonds is 5. The summed E-state index contributed by atoms with van der Waals surface area (Å²) in [5.41, 5.74) is -0.125. The van der Waals surface area contributed by atoms with Crippen LogP contribution >= 0.6 is 11.3 Å². The van der Waals surface area contributed by atoms with Crippen LogP contribution in [0.2, 0.25) is 0 Å². The molecule has 5 nitrogen and oxygen atoms in total. The molecule has 0 unspecified atom stereocenters. The lowest BCUT2D eigenvalue weighted by molar-refractivity contribution is -0.136. The van der Waals surface area contributed by atoms with Gasteiger partial charge in [0.05, 0.1) is 17.4 Å². The number of carbonyl (C=O) groups is 1. The van der Waals surface area contributed by atoms with Crippen molar-refractivity contribution in [1.29, 1.82) is 0 Å². The quantitative estimate of drug-likeness (QED) is 0.668. The van der Waals surface area contributed by atoms with Gasteiger partial charge in [-0.05, 0) is 30.7 Å². The van der Waals surface area contributed by atoms with Crippen LogP contribution in [-0.4, -0.2) is 22.4 Å². The second-order valence-electron chi connectivity index (χ2n) is 5.84. The van der Waals surface area contributed by atoms with Crippen molar-refractivity contribution in [2.75, 3.05) is 11.9 Å². The number of amides is 2. The van der Waals surface area contributed by atoms with Crippen LogP contribution in [0.4, 0.5) is 23.7 Å². The number of carbonyl (C=O) groups excluding carboxylic acids is 1. The highest BCUT2D eigenvalue weighted by Crippen LogP contribution is 2.34. The highest BCUT2D eigenvalue weighted by Gasteiger charge is 2.33. The highest BCUT2D eigenvalue weighted by atomic mass is 32.1. The predicted molar refractivity (Wildman–Crippen MR) is 98.7 cm³/mol. The Morgan fingerprint density at radius 1 is 1.22 bits per heavy atom. The zero-order valence-electron chi connectivity index (χ0n) is 14.4. The fraction of sp³-hybridized carbons (Fsp3) is 0.222. The summed E-state index contributed by atoms with van der Waals surface area (Å²) in [7, 11) is 1.84. The van der Waals surface area contributed by atoms with Crippen molar-refractivity contribution in [1.82, 2.24) is 15.1 Å². The molecule has 2 aromatic heterocycles. The Morgan fingerprint density at radius 2 is 2.00 bits per heavy atom. The van der Waals surface area contributed by atoms with E-state index in [1.54, 1.807) is 22.2 Å². The van der Waals surface area contributed by atoms with Gasteiger partial charge in [0.25, 0.3) is 0 Å². The second-order valence-corrected chi connectivity index (χ2v) is 7.01. The van der Waals surface area contributed by atoms with E-state index < -0.39 is 17.8 Å². The molecule has 0 atom stereocenters. The minimum Gasteiger partial charge on any atom is -0.338 e. The van der Waals surface area contributed by atoms with Gasteiger partial charge in [0.2, 0.25) is 0 Å². The first-order chi connectivity index (χ1) is 12.8. The fourth-order valence-electron chi connectivity index (χ4n) is 2.52. The lowest BCUT2D eigenvalue weighted by Crippen LogP contribution is -2.31. The number of hydrogen-bond donors (Lipinski definition) is 2. The number of alkyl halides is 3. The van der Waals surface area contributed by atoms with Crippen molar-refractivity contribution in [3.05, 3.63) is 59.2 Å². The average Bonchev–Trinajstić information content (AvgIpc) is 3.23. The van der Waals surface area contributed by atoms with Crippen molar-refractivity contribution < 1.29 is 18.0 Å². The Bertz CT molecular complexity index is 933. The van der Waals surface area contributed by atoms with Crippen LogP contribution in [0.1, 0.15) is 10.4 Å². The normalized spacial score (nSPS) is 11.4. The number of para-hydroxylation sites is 1. The van der Waals surface area contributed by atoms with Crippen LogP contribution in [0.25, 0.3) is 10.4 Å². The van der Waals surface area contributed by atoms with Gasteiger partial charge in [-0.1, -0.05) is 12.1 Å². The molecule has 0 aliphatic carbocycles. The molecule has 0 radical (unpaired) electrons. The van der Waals surface area contributed by atoms with E-state index in [9.17, 15) is 18.0 Å². The van der Waals surface area contributed by atoms with Crippen LogP contribution in [0, 0.1) is 0 Å². The molecule has 0 spiro atoms. The Balaban J connectivity index is 1.53. The minimum atomic E-state index is -4.52. The molecule has 0 aliphatic heterocycles. The van der Waals surface area contributed by atoms with E-state index in [1.807, 2.05) is 25.4 Å². The molecule has 1 aromatic carbocycles. The summed E-state index contributed by atoms with van der Waals surface area (Å²) in [4.78, 5) is 14.0. The van der Waals surface area contributed by atoms with Crippen molar-refractivity contribution >= 4 is 23.1 Å². The summed E-state index contributed by atoms with van der Waals surface area (Å²) in [6.07, 6.45) is -0.248. The minimum absolute atomic E-state index is 0.266. The monoisotopic (exact) mass is 394 g/mol. The smallest absolute Gasteiger partial charge is 0.338 e. The topological polar surface area (TPSA) is 59.0 Å². The Kier molecular flexibility index (Phi) is 5.50. The largest absolute Gasteiger partial charge is 0.418 e. The van der Waals surface area contributed by atoms with E-state index in [0.29, 0.717) is 13.0 Å². The summed E-state index contributed by atoms with van der Waals surface area (Å²) >= 11 is 1.59. The molecule has 0 saturated carbocycles. The van der Waals surface area contributed by atoms with Gasteiger partial charge in [-0.15, -0.1) is 11.3 Å². The first-order valence-electron chi connectivity index (χ1n) is 8.12. The van der Waals surface area contributed by atoms with Crippen LogP contribution in [0.15, 0.2) is 48.8 Å². The number of hydrogen-bond acceptors (Lipinski definition) is 3. The molecule has 2 heterocycles. The fourth-order valence-corrected chi connectivity index (χ4v) is 3.50. The SMILES string of the molecule is Cn1cc(-c2ccc(CCNC(=O)Nc3ccccc3C(F)(F)F)s2)cn1. The zero-order chi connectivity index (χ0) is 19.4. The Hall–Kier alpha value is -2.81. The van der Waals surface area contributed by atoms with E-state index >= 15 is 0 Å². The molecule has 9 heteroatoms. The van der Waals surface area contributed by atoms with Crippen molar-refractivity contribution in [2.45, 2.75) is 12.6 Å². The van der Waals surface area contributed by atoms with Crippen LogP contribution in [0.3, 0.4) is 0 Å². The van der Waals surface area contributed by atoms with Crippen molar-refractivity contribution in [3.63, 3.8) is 0 Å². The number of aromatic nitrogens is 2. The third-order valence-electron chi connectivity index (χ3n) is 3.79. The van der Waals surface area contributed by atoms with Crippen molar-refractivity contribution in [3.8, 4) is 10.4 Å². The Morgan fingerprint density at radius 3 is 2.70 bits per heavy atom. The van der Waals surface area contributed by atoms with Gasteiger partial charge in [0, 0.05) is 35.1 Å². The van der Waals surface area contributed by atoms with E-state index in [0.717, 1.165) is 21.4 Å². The number of urea groups is 1. The van der Waals surface area contributed by atoms with Crippen LogP contribution < -0.4 is 10.6 Å². The van der Waals surface area contributed by atoms with E-state index in [1.165, 1.54) is 18.2 Å². The standard InChI is InChI=1S/C18H17F3N4OS/c1-25-11-12(10-23-25)16-7-6-13(27-16)8-9-22-17(26)24-15-5-3-2-4-14(15)18(19,20)21/h2-7,10-11H,8-9H2,1H3,(H2,22,24,26). The maximum atomic E-state index is 12.9. The number of aryl methyl sites for hydroxylation is 1. The molecule has 0 fully saturated rings. The number of thiophene rings is 1. The van der Waals surface area contributed by atoms with E-state index in [-0.39, 0.29) is 5.69 Å². The molecular formula is C18H17F3N4OS. The third kappa shape index (κ3) is 4.88. The summed E-state index contributed by atoms with van der Waals surface area (Å²) in [6, 6.07) is 8.15. The number of halogens is 3. The molecule has 0 aliphatic rings. The maximum Gasteiger partial charge on any atom is 0.418 e. The lowest BCUT2D eigenvalue weighted by Gasteiger charge is -2.13. The molecule has 27 heavy (non-hydrogen) atoms. The third-order valence-corrected chi connectivity index (χ3v) is 4.98. The number of nitrogens with zero attached hydrogens (tertiary/aromatic N) is 2. The van der Waals surface area contributed by atoms with Crippen LogP contribution in [-0.2, 0) is 19.6 Å². The van der Waals surface area contributed by atoms with Gasteiger partial charge in [-0.2, -0.15) is 18.3 Å². The number of nitrogens with one attached hydrogen (secondary N) is 2. The molecule has 2 amide bonds. The number of benzene rings is 1. The average molecular weight is 394 g/mol. The summed E-state index contributed by atoms with van der Waals surface area (Å²) in [6.45, 7) is 0.313. The van der Waals surface area contributed by atoms with Gasteiger partial charge >= 0.3 is 12.2 Å². The van der Waals surface area contributed by atoms with E-state index in [2.05, 4.69) is 15.7 Å². The second kappa shape index (κ2) is 7.83. The van der Waals surface area contributed by atoms with Gasteiger partial charge < -0.3 is 10.6 Å². The van der Waals surface area contributed by atoms with E-state index in [4.69, 9.17) is 0 Å². The van der Waals surface area contributed by atoms with Crippen molar-refractivity contribution in [2.24, 2.45) is 7.05 Å². The van der Waals surface area contributed by atoms with Gasteiger partial charge in [0.1, 0.15) is 0 Å². The molecule has 0 bridgehead atoms. The number of anilines is 1. The first-order valence-corrected chi connectivity index (χ1v) is 8.93. The predicted octanol–water partition coefficient (Wildman–Crippen LogP) is 4.53. The molecule has 3 rings (SSSR count). The summed E-state index contributed by atoms with van der Waals surface area (Å²) in [5.74, 6) is 0. The van der Waals surface area contributed by atoms with Crippen LogP contribution in [0.5, 0.6) is 0 Å². The van der Waals surface area contributed by atoms with Gasteiger partial charge in [-0.25, -0.2) is 4.79 Å². The summed E-state index contributed by atoms with van der Waals surface area (Å²) in [5, 5.41) is 8.97. The van der Waals surface area contributed by atoms with Gasteiger partial charge in [-0.3, -0.25) is 4.68 Å². The first kappa shape index (κ1) is 19.0. The molecule has 0 saturated heterocycles. The summed E-state index contributed by atoms with van der Waals surface area (Å²) < 4.78 is 40.5. The molecular weight excluding hydrogens is 377 g/mol. The maximum absolute atomic E-state index is 12.9. The molecule has 2 N–H and O–H groups in total. The lowest BCUT2D eigenvalue weighted by atomic mass is 10.1. The van der Waals surface area contributed by atoms with Gasteiger partial charge in [0.15, 0.2) is 0 Å². The zero-order valence-corrected chi connectivity index (χ0v) is 15.2.